The fourth-order valence-electron chi connectivity index (χ4n) is 0.679. The van der Waals surface area contributed by atoms with Crippen molar-refractivity contribution in [2.75, 3.05) is 13.6 Å². The number of rotatable bonds is 1. The molecule has 0 unspecified atom stereocenters. The van der Waals surface area contributed by atoms with E-state index < -0.39 is 0 Å². The van der Waals surface area contributed by atoms with Crippen LogP contribution in [0.3, 0.4) is 0 Å². The first kappa shape index (κ1) is 9.68. The molecule has 0 aromatic heterocycles. The molecule has 0 amide bonds. The lowest BCUT2D eigenvalue weighted by molar-refractivity contribution is -0.104. The predicted molar refractivity (Wildman–Crippen MR) is 51.3 cm³/mol. The monoisotopic (exact) mass is 251 g/mol. The molecule has 1 aliphatic heterocycles. The maximum absolute atomic E-state index is 10.1. The highest BCUT2D eigenvalue weighted by molar-refractivity contribution is 14.0. The third-order valence-electron chi connectivity index (χ3n) is 1.27. The molecule has 2 nitrogen and oxygen atoms in total. The fraction of sp³-hybridized carbons (Fsp3) is 0.286. The average molecular weight is 251 g/mol. The third kappa shape index (κ3) is 2.51. The van der Waals surface area contributed by atoms with Crippen LogP contribution in [0.5, 0.6) is 0 Å². The maximum atomic E-state index is 10.1. The summed E-state index contributed by atoms with van der Waals surface area (Å²) in [4.78, 5) is 12.1. The van der Waals surface area contributed by atoms with Crippen LogP contribution < -0.4 is 0 Å². The van der Waals surface area contributed by atoms with Gasteiger partial charge in [0.05, 0.1) is 0 Å². The molecule has 0 aromatic carbocycles. The standard InChI is InChI=1S/C7H9NO.HI/c1-8-4-2-7(6-9)3-5-8;/h2-4,6H,5H2,1H3;1H. The van der Waals surface area contributed by atoms with Gasteiger partial charge in [0.15, 0.2) is 0 Å². The van der Waals surface area contributed by atoms with Gasteiger partial charge in [0.2, 0.25) is 0 Å². The van der Waals surface area contributed by atoms with Crippen LogP contribution in [-0.2, 0) is 4.79 Å². The SMILES string of the molecule is CN1C=CC(C=O)=CC1.I. The minimum Gasteiger partial charge on any atom is -0.377 e. The lowest BCUT2D eigenvalue weighted by atomic mass is 10.2. The summed E-state index contributed by atoms with van der Waals surface area (Å²) in [6.45, 7) is 0.838. The molecule has 56 valence electrons. The smallest absolute Gasteiger partial charge is 0.149 e. The number of halogens is 1. The van der Waals surface area contributed by atoms with Gasteiger partial charge in [-0.15, -0.1) is 24.0 Å². The van der Waals surface area contributed by atoms with Crippen LogP contribution in [0.15, 0.2) is 23.9 Å². The molecule has 0 spiro atoms. The molecule has 0 fully saturated rings. The zero-order valence-corrected chi connectivity index (χ0v) is 8.11. The number of hydrogen-bond acceptors (Lipinski definition) is 2. The van der Waals surface area contributed by atoms with E-state index in [1.54, 1.807) is 6.08 Å². The van der Waals surface area contributed by atoms with Crippen LogP contribution in [0, 0.1) is 0 Å². The van der Waals surface area contributed by atoms with Crippen molar-refractivity contribution < 1.29 is 4.79 Å². The quantitative estimate of drug-likeness (QED) is 0.515. The van der Waals surface area contributed by atoms with Crippen molar-refractivity contribution in [3.8, 4) is 0 Å². The number of carbonyl (C=O) groups is 1. The summed E-state index contributed by atoms with van der Waals surface area (Å²) in [5, 5.41) is 0. The van der Waals surface area contributed by atoms with Crippen molar-refractivity contribution >= 4 is 30.3 Å². The summed E-state index contributed by atoms with van der Waals surface area (Å²) in [5.74, 6) is 0. The number of allylic oxidation sites excluding steroid dienone is 2. The van der Waals surface area contributed by atoms with Gasteiger partial charge < -0.3 is 4.90 Å². The third-order valence-corrected chi connectivity index (χ3v) is 1.27. The molecule has 10 heavy (non-hydrogen) atoms. The lowest BCUT2D eigenvalue weighted by Crippen LogP contribution is -2.13. The Labute approximate surface area is 77.6 Å². The van der Waals surface area contributed by atoms with Gasteiger partial charge >= 0.3 is 0 Å². The molecule has 0 N–H and O–H groups in total. The summed E-state index contributed by atoms with van der Waals surface area (Å²) in [6, 6.07) is 0. The summed E-state index contributed by atoms with van der Waals surface area (Å²) < 4.78 is 0. The van der Waals surface area contributed by atoms with E-state index in [2.05, 4.69) is 0 Å². The maximum Gasteiger partial charge on any atom is 0.149 e. The lowest BCUT2D eigenvalue weighted by Gasteiger charge is -2.14. The summed E-state index contributed by atoms with van der Waals surface area (Å²) in [5.41, 5.74) is 0.771. The van der Waals surface area contributed by atoms with Crippen molar-refractivity contribution in [3.05, 3.63) is 23.9 Å². The van der Waals surface area contributed by atoms with Gasteiger partial charge in [0.1, 0.15) is 6.29 Å². The zero-order valence-electron chi connectivity index (χ0n) is 5.78. The molecule has 0 aliphatic carbocycles. The highest BCUT2D eigenvalue weighted by Crippen LogP contribution is 2.00. The Bertz CT molecular complexity index is 174. The van der Waals surface area contributed by atoms with E-state index >= 15 is 0 Å². The minimum atomic E-state index is 0. The van der Waals surface area contributed by atoms with Crippen LogP contribution in [0.1, 0.15) is 0 Å². The number of likely N-dealkylation sites (N-methyl/N-ethyl adjacent to an activating group) is 1. The Morgan fingerprint density at radius 1 is 1.70 bits per heavy atom. The Morgan fingerprint density at radius 3 is 2.80 bits per heavy atom. The molecular weight excluding hydrogens is 241 g/mol. The van der Waals surface area contributed by atoms with E-state index in [4.69, 9.17) is 0 Å². The molecule has 0 saturated carbocycles. The molecule has 0 bridgehead atoms. The molecule has 0 atom stereocenters. The molecule has 1 aliphatic rings. The molecule has 3 heteroatoms. The van der Waals surface area contributed by atoms with E-state index in [1.807, 2.05) is 24.2 Å². The van der Waals surface area contributed by atoms with Gasteiger partial charge in [-0.2, -0.15) is 0 Å². The summed E-state index contributed by atoms with van der Waals surface area (Å²) >= 11 is 0. The number of hydrogen-bond donors (Lipinski definition) is 0. The number of carbonyl (C=O) groups excluding carboxylic acids is 1. The highest BCUT2D eigenvalue weighted by atomic mass is 127. The first-order chi connectivity index (χ1) is 4.33. The van der Waals surface area contributed by atoms with Gasteiger partial charge in [0.25, 0.3) is 0 Å². The molecule has 0 aromatic rings. The first-order valence-electron chi connectivity index (χ1n) is 2.86. The normalized spacial score (nSPS) is 15.7. The summed E-state index contributed by atoms with van der Waals surface area (Å²) in [7, 11) is 1.97. The second-order valence-corrected chi connectivity index (χ2v) is 2.08. The van der Waals surface area contributed by atoms with Crippen molar-refractivity contribution in [2.24, 2.45) is 0 Å². The van der Waals surface area contributed by atoms with Crippen LogP contribution >= 0.6 is 24.0 Å². The van der Waals surface area contributed by atoms with Crippen molar-refractivity contribution in [1.82, 2.24) is 4.90 Å². The van der Waals surface area contributed by atoms with Gasteiger partial charge in [-0.1, -0.05) is 6.08 Å². The summed E-state index contributed by atoms with van der Waals surface area (Å²) in [6.07, 6.45) is 6.46. The highest BCUT2D eigenvalue weighted by Gasteiger charge is 1.96. The van der Waals surface area contributed by atoms with E-state index in [-0.39, 0.29) is 24.0 Å². The second-order valence-electron chi connectivity index (χ2n) is 2.08. The average Bonchev–Trinajstić information content (AvgIpc) is 1.90. The van der Waals surface area contributed by atoms with Crippen molar-refractivity contribution in [2.45, 2.75) is 0 Å². The first-order valence-corrected chi connectivity index (χ1v) is 2.86. The molecular formula is C7H10INO. The van der Waals surface area contributed by atoms with Crippen LogP contribution in [0.2, 0.25) is 0 Å². The van der Waals surface area contributed by atoms with Gasteiger partial charge in [-0.3, -0.25) is 4.79 Å². The number of nitrogens with zero attached hydrogens (tertiary/aromatic N) is 1. The van der Waals surface area contributed by atoms with E-state index in [0.29, 0.717) is 0 Å². The second kappa shape index (κ2) is 4.49. The molecule has 1 rings (SSSR count). The minimum absolute atomic E-state index is 0. The Morgan fingerprint density at radius 2 is 2.40 bits per heavy atom. The Kier molecular flexibility index (Phi) is 4.34. The largest absolute Gasteiger partial charge is 0.377 e. The van der Waals surface area contributed by atoms with Crippen LogP contribution in [0.4, 0.5) is 0 Å². The van der Waals surface area contributed by atoms with Gasteiger partial charge in [-0.05, 0) is 12.3 Å². The molecule has 0 saturated heterocycles. The number of aldehydes is 1. The van der Waals surface area contributed by atoms with Crippen molar-refractivity contribution in [3.63, 3.8) is 0 Å². The van der Waals surface area contributed by atoms with Crippen LogP contribution in [0.25, 0.3) is 0 Å². The Balaban J connectivity index is 0.000000810. The van der Waals surface area contributed by atoms with E-state index in [9.17, 15) is 4.79 Å². The topological polar surface area (TPSA) is 20.3 Å². The predicted octanol–water partition coefficient (Wildman–Crippen LogP) is 1.19. The van der Waals surface area contributed by atoms with E-state index in [1.165, 1.54) is 0 Å². The molecule has 0 radical (unpaired) electrons. The van der Waals surface area contributed by atoms with Gasteiger partial charge in [-0.25, -0.2) is 0 Å². The van der Waals surface area contributed by atoms with Crippen LogP contribution in [-0.4, -0.2) is 24.8 Å². The van der Waals surface area contributed by atoms with E-state index in [0.717, 1.165) is 18.4 Å². The Hall–Kier alpha value is -0.320. The van der Waals surface area contributed by atoms with Gasteiger partial charge in [0, 0.05) is 19.2 Å². The fourth-order valence-corrected chi connectivity index (χ4v) is 0.679. The zero-order chi connectivity index (χ0) is 6.69. The van der Waals surface area contributed by atoms with Crippen molar-refractivity contribution in [1.29, 1.82) is 0 Å². The molecule has 1 heterocycles.